The van der Waals surface area contributed by atoms with E-state index in [1.807, 2.05) is 6.07 Å². The number of esters is 1. The first-order chi connectivity index (χ1) is 13.5. The predicted octanol–water partition coefficient (Wildman–Crippen LogP) is 3.05. The van der Waals surface area contributed by atoms with Gasteiger partial charge in [0.2, 0.25) is 11.7 Å². The van der Waals surface area contributed by atoms with Gasteiger partial charge < -0.3 is 20.1 Å². The van der Waals surface area contributed by atoms with E-state index < -0.39 is 24.3 Å². The molecule has 2 aromatic rings. The molecular formula is C20H17ClN2O5. The summed E-state index contributed by atoms with van der Waals surface area (Å²) in [4.78, 5) is 36.4. The predicted molar refractivity (Wildman–Crippen MR) is 104 cm³/mol. The van der Waals surface area contributed by atoms with Crippen LogP contribution in [0.25, 0.3) is 0 Å². The lowest BCUT2D eigenvalue weighted by Gasteiger charge is -2.10. The van der Waals surface area contributed by atoms with Crippen molar-refractivity contribution < 1.29 is 23.9 Å². The normalized spacial score (nSPS) is 13.1. The van der Waals surface area contributed by atoms with Gasteiger partial charge in [-0.3, -0.25) is 9.59 Å². The van der Waals surface area contributed by atoms with Gasteiger partial charge in [-0.15, -0.1) is 0 Å². The van der Waals surface area contributed by atoms with E-state index in [1.165, 1.54) is 0 Å². The molecule has 0 fully saturated rings. The highest BCUT2D eigenvalue weighted by Crippen LogP contribution is 2.23. The monoisotopic (exact) mass is 400 g/mol. The fraction of sp³-hybridized carbons (Fsp3) is 0.150. The summed E-state index contributed by atoms with van der Waals surface area (Å²) in [6, 6.07) is 14.0. The third-order valence-electron chi connectivity index (χ3n) is 3.97. The number of benzene rings is 2. The molecule has 144 valence electrons. The van der Waals surface area contributed by atoms with Crippen molar-refractivity contribution in [1.82, 2.24) is 0 Å². The molecule has 1 aliphatic heterocycles. The van der Waals surface area contributed by atoms with Crippen LogP contribution in [0.5, 0.6) is 0 Å². The molecule has 1 amide bonds. The number of ketones is 1. The average molecular weight is 401 g/mol. The molecule has 0 atom stereocenters. The molecule has 2 aromatic carbocycles. The lowest BCUT2D eigenvalue weighted by molar-refractivity contribution is -0.144. The second-order valence-electron chi connectivity index (χ2n) is 5.94. The van der Waals surface area contributed by atoms with Gasteiger partial charge in [0.05, 0.1) is 0 Å². The number of carbonyl (C=O) groups excluding carboxylic acids is 3. The van der Waals surface area contributed by atoms with Gasteiger partial charge in [0.1, 0.15) is 0 Å². The van der Waals surface area contributed by atoms with E-state index in [2.05, 4.69) is 10.6 Å². The van der Waals surface area contributed by atoms with E-state index >= 15 is 0 Å². The Morgan fingerprint density at radius 3 is 2.64 bits per heavy atom. The molecule has 0 spiro atoms. The van der Waals surface area contributed by atoms with Gasteiger partial charge in [0, 0.05) is 16.4 Å². The van der Waals surface area contributed by atoms with Gasteiger partial charge in [-0.2, -0.15) is 0 Å². The van der Waals surface area contributed by atoms with Gasteiger partial charge in [0.25, 0.3) is 5.91 Å². The summed E-state index contributed by atoms with van der Waals surface area (Å²) in [7, 11) is 0. The Kier molecular flexibility index (Phi) is 5.96. The van der Waals surface area contributed by atoms with E-state index in [0.717, 1.165) is 0 Å². The molecule has 0 bridgehead atoms. The summed E-state index contributed by atoms with van der Waals surface area (Å²) in [6.45, 7) is 0.929. The number of rotatable bonds is 6. The van der Waals surface area contributed by atoms with Crippen molar-refractivity contribution in [3.8, 4) is 0 Å². The molecule has 7 nitrogen and oxygen atoms in total. The van der Waals surface area contributed by atoms with Crippen molar-refractivity contribution in [2.24, 2.45) is 0 Å². The maximum absolute atomic E-state index is 12.3. The molecule has 0 unspecified atom stereocenters. The number of nitrogens with one attached hydrogen (secondary N) is 2. The topological polar surface area (TPSA) is 93.7 Å². The van der Waals surface area contributed by atoms with E-state index in [4.69, 9.17) is 21.1 Å². The van der Waals surface area contributed by atoms with E-state index in [0.29, 0.717) is 22.0 Å². The number of hydrogen-bond donors (Lipinski definition) is 2. The summed E-state index contributed by atoms with van der Waals surface area (Å²) in [5.41, 5.74) is 1.60. The smallest absolute Gasteiger partial charge is 0.347 e. The number of halogens is 1. The minimum absolute atomic E-state index is 0.00675. The van der Waals surface area contributed by atoms with E-state index in [9.17, 15) is 14.4 Å². The Hall–Kier alpha value is -3.32. The zero-order valence-corrected chi connectivity index (χ0v) is 15.7. The number of ether oxygens (including phenoxy) is 2. The van der Waals surface area contributed by atoms with Crippen LogP contribution in [-0.4, -0.2) is 30.9 Å². The second kappa shape index (κ2) is 8.58. The Morgan fingerprint density at radius 1 is 1.14 bits per heavy atom. The minimum atomic E-state index is -0.932. The molecule has 28 heavy (non-hydrogen) atoms. The minimum Gasteiger partial charge on any atom is -0.470 e. The van der Waals surface area contributed by atoms with Crippen molar-refractivity contribution >= 4 is 40.6 Å². The maximum atomic E-state index is 12.3. The van der Waals surface area contributed by atoms with Crippen molar-refractivity contribution in [3.63, 3.8) is 0 Å². The molecule has 3 rings (SSSR count). The number of anilines is 2. The van der Waals surface area contributed by atoms with Crippen LogP contribution < -0.4 is 10.6 Å². The number of hydrogen-bond acceptors (Lipinski definition) is 6. The van der Waals surface area contributed by atoms with E-state index in [-0.39, 0.29) is 18.1 Å². The summed E-state index contributed by atoms with van der Waals surface area (Å²) >= 11 is 6.01. The van der Waals surface area contributed by atoms with Crippen molar-refractivity contribution in [2.75, 3.05) is 23.8 Å². The molecular weight excluding hydrogens is 384 g/mol. The van der Waals surface area contributed by atoms with Crippen LogP contribution in [0.4, 0.5) is 11.4 Å². The van der Waals surface area contributed by atoms with Crippen molar-refractivity contribution in [3.05, 3.63) is 70.6 Å². The zero-order chi connectivity index (χ0) is 20.1. The first-order valence-electron chi connectivity index (χ1n) is 8.40. The molecule has 0 saturated heterocycles. The Bertz CT molecular complexity index is 956. The fourth-order valence-corrected chi connectivity index (χ4v) is 2.67. The molecule has 1 aliphatic rings. The summed E-state index contributed by atoms with van der Waals surface area (Å²) in [5.74, 6) is -2.00. The third-order valence-corrected chi connectivity index (χ3v) is 4.37. The molecule has 1 heterocycles. The van der Waals surface area contributed by atoms with Gasteiger partial charge in [-0.25, -0.2) is 4.79 Å². The van der Waals surface area contributed by atoms with Crippen molar-refractivity contribution in [1.29, 1.82) is 0 Å². The summed E-state index contributed by atoms with van der Waals surface area (Å²) < 4.78 is 10.2. The Labute approximate surface area is 166 Å². The van der Waals surface area contributed by atoms with Gasteiger partial charge >= 0.3 is 5.97 Å². The quantitative estimate of drug-likeness (QED) is 0.571. The maximum Gasteiger partial charge on any atom is 0.347 e. The number of para-hydroxylation sites is 1. The van der Waals surface area contributed by atoms with Crippen molar-refractivity contribution in [2.45, 2.75) is 6.92 Å². The van der Waals surface area contributed by atoms with Crippen LogP contribution in [-0.2, 0) is 23.9 Å². The lowest BCUT2D eigenvalue weighted by atomic mass is 10.2. The number of Topliss-reactive ketones (excluding diaryl/α,β-unsaturated/α-hetero) is 1. The number of carbonyl (C=O) groups is 3. The molecule has 0 saturated carbocycles. The molecule has 8 heteroatoms. The Morgan fingerprint density at radius 2 is 1.89 bits per heavy atom. The standard InChI is InChI=1S/C20H17ClN2O5/c1-12-14(21)8-5-9-15(12)23-17(25)11-28-20(26)18-16(24)10-27-19(18)22-13-6-3-2-4-7-13/h2-9,22H,10-11H2,1H3,(H,23,25). The van der Waals surface area contributed by atoms with Crippen LogP contribution in [0.3, 0.4) is 0 Å². The molecule has 0 aromatic heterocycles. The first-order valence-corrected chi connectivity index (χ1v) is 8.78. The average Bonchev–Trinajstić information content (AvgIpc) is 3.04. The fourth-order valence-electron chi connectivity index (χ4n) is 2.50. The molecule has 2 N–H and O–H groups in total. The number of amides is 1. The highest BCUT2D eigenvalue weighted by Gasteiger charge is 2.32. The summed E-state index contributed by atoms with van der Waals surface area (Å²) in [5, 5.41) is 5.98. The van der Waals surface area contributed by atoms with Crippen LogP contribution in [0, 0.1) is 6.92 Å². The van der Waals surface area contributed by atoms with Crippen LogP contribution in [0.1, 0.15) is 5.56 Å². The van der Waals surface area contributed by atoms with Crippen LogP contribution in [0.15, 0.2) is 60.0 Å². The van der Waals surface area contributed by atoms with E-state index in [1.54, 1.807) is 49.4 Å². The van der Waals surface area contributed by atoms with Gasteiger partial charge in [-0.05, 0) is 36.8 Å². The highest BCUT2D eigenvalue weighted by atomic mass is 35.5. The Balaban J connectivity index is 1.64. The summed E-state index contributed by atoms with van der Waals surface area (Å²) in [6.07, 6.45) is 0. The SMILES string of the molecule is Cc1c(Cl)cccc1NC(=O)COC(=O)C1=C(Nc2ccccc2)OCC1=O. The first kappa shape index (κ1) is 19.4. The highest BCUT2D eigenvalue weighted by molar-refractivity contribution is 6.31. The van der Waals surface area contributed by atoms with Gasteiger partial charge in [-0.1, -0.05) is 35.9 Å². The second-order valence-corrected chi connectivity index (χ2v) is 6.35. The third kappa shape index (κ3) is 4.50. The van der Waals surface area contributed by atoms with Gasteiger partial charge in [0.15, 0.2) is 18.8 Å². The van der Waals surface area contributed by atoms with Crippen LogP contribution >= 0.6 is 11.6 Å². The molecule has 0 radical (unpaired) electrons. The molecule has 0 aliphatic carbocycles. The largest absolute Gasteiger partial charge is 0.470 e. The lowest BCUT2D eigenvalue weighted by Crippen LogP contribution is -2.24. The zero-order valence-electron chi connectivity index (χ0n) is 15.0. The van der Waals surface area contributed by atoms with Crippen LogP contribution in [0.2, 0.25) is 5.02 Å².